The molecule has 10 aromatic rings. The van der Waals surface area contributed by atoms with Gasteiger partial charge in [-0.05, 0) is 81.9 Å². The van der Waals surface area contributed by atoms with E-state index in [1.807, 2.05) is 7.05 Å². The molecule has 4 heteroatoms. The summed E-state index contributed by atoms with van der Waals surface area (Å²) in [5.74, 6) is 0.433. The maximum absolute atomic E-state index is 4.02. The zero-order valence-electron chi connectivity index (χ0n) is 33.8. The molecule has 2 aliphatic carbocycles. The minimum Gasteiger partial charge on any atom is -0.367 e. The molecule has 0 fully saturated rings. The lowest BCUT2D eigenvalue weighted by atomic mass is 9.86. The predicted octanol–water partition coefficient (Wildman–Crippen LogP) is 13.2. The summed E-state index contributed by atoms with van der Waals surface area (Å²) in [7, 11) is 2.03. The Morgan fingerprint density at radius 1 is 0.600 bits per heavy atom. The van der Waals surface area contributed by atoms with Crippen LogP contribution >= 0.6 is 0 Å². The van der Waals surface area contributed by atoms with Crippen molar-refractivity contribution >= 4 is 87.6 Å². The maximum Gasteiger partial charge on any atom is 0.0926 e. The molecule has 0 bridgehead atoms. The van der Waals surface area contributed by atoms with Crippen molar-refractivity contribution in [2.75, 3.05) is 7.05 Å². The number of benzene rings is 8. The summed E-state index contributed by atoms with van der Waals surface area (Å²) < 4.78 is 5.10. The molecule has 60 heavy (non-hydrogen) atoms. The highest BCUT2D eigenvalue weighted by atomic mass is 15.1. The molecule has 0 amide bonds. The number of nitrogens with one attached hydrogen (secondary N) is 2. The van der Waals surface area contributed by atoms with Crippen LogP contribution in [0, 0.1) is 5.92 Å². The summed E-state index contributed by atoms with van der Waals surface area (Å²) in [6, 6.07) is 53.9. The Morgan fingerprint density at radius 2 is 1.27 bits per heavy atom. The molecular formula is C56H44N4. The molecule has 8 aromatic carbocycles. The molecule has 2 unspecified atom stereocenters. The Morgan fingerprint density at radius 3 is 2.05 bits per heavy atom. The number of nitrogens with zero attached hydrogens (tertiary/aromatic N) is 2. The summed E-state index contributed by atoms with van der Waals surface area (Å²) >= 11 is 0. The van der Waals surface area contributed by atoms with Gasteiger partial charge in [-0.3, -0.25) is 0 Å². The van der Waals surface area contributed by atoms with Gasteiger partial charge in [0.1, 0.15) is 0 Å². The van der Waals surface area contributed by atoms with E-state index in [0.717, 1.165) is 12.1 Å². The van der Waals surface area contributed by atoms with E-state index in [9.17, 15) is 0 Å². The van der Waals surface area contributed by atoms with E-state index in [4.69, 9.17) is 0 Å². The van der Waals surface area contributed by atoms with Crippen molar-refractivity contribution in [3.63, 3.8) is 0 Å². The molecule has 2 N–H and O–H groups in total. The Balaban J connectivity index is 1.21. The van der Waals surface area contributed by atoms with E-state index in [0.29, 0.717) is 12.6 Å². The van der Waals surface area contributed by atoms with Gasteiger partial charge >= 0.3 is 0 Å². The molecule has 2 aliphatic rings. The summed E-state index contributed by atoms with van der Waals surface area (Å²) in [4.78, 5) is 0. The lowest BCUT2D eigenvalue weighted by molar-refractivity contribution is 0.685. The summed E-state index contributed by atoms with van der Waals surface area (Å²) in [6.07, 6.45) is 14.5. The zero-order valence-corrected chi connectivity index (χ0v) is 33.8. The number of fused-ring (bicyclic) bond motifs is 16. The number of para-hydroxylation sites is 1. The van der Waals surface area contributed by atoms with Gasteiger partial charge in [-0.15, -0.1) is 0 Å². The van der Waals surface area contributed by atoms with E-state index in [1.54, 1.807) is 0 Å². The third kappa shape index (κ3) is 5.14. The van der Waals surface area contributed by atoms with Crippen LogP contribution in [0.3, 0.4) is 0 Å². The van der Waals surface area contributed by atoms with E-state index in [2.05, 4.69) is 209 Å². The predicted molar refractivity (Wildman–Crippen MR) is 256 cm³/mol. The Kier molecular flexibility index (Phi) is 7.97. The van der Waals surface area contributed by atoms with Gasteiger partial charge in [0.15, 0.2) is 0 Å². The van der Waals surface area contributed by atoms with Crippen molar-refractivity contribution < 1.29 is 0 Å². The Bertz CT molecular complexity index is 3520. The topological polar surface area (TPSA) is 33.9 Å². The summed E-state index contributed by atoms with van der Waals surface area (Å²) in [5, 5.41) is 21.8. The van der Waals surface area contributed by atoms with Crippen molar-refractivity contribution in [1.29, 1.82) is 0 Å². The summed E-state index contributed by atoms with van der Waals surface area (Å²) in [5.41, 5.74) is 11.2. The van der Waals surface area contributed by atoms with Gasteiger partial charge in [0.05, 0.1) is 29.3 Å². The molecule has 2 heterocycles. The smallest absolute Gasteiger partial charge is 0.0926 e. The number of aromatic nitrogens is 2. The second-order valence-corrected chi connectivity index (χ2v) is 16.5. The molecular weight excluding hydrogens is 729 g/mol. The van der Waals surface area contributed by atoms with Gasteiger partial charge in [-0.2, -0.15) is 0 Å². The third-order valence-corrected chi connectivity index (χ3v) is 13.1. The average molecular weight is 773 g/mol. The van der Waals surface area contributed by atoms with Crippen LogP contribution in [-0.2, 0) is 13.1 Å². The van der Waals surface area contributed by atoms with Crippen LogP contribution < -0.4 is 10.6 Å². The van der Waals surface area contributed by atoms with Crippen LogP contribution in [-0.4, -0.2) is 22.2 Å². The average Bonchev–Trinajstić information content (AvgIpc) is 3.82. The molecule has 0 radical (unpaired) electrons. The number of hydrogen-bond donors (Lipinski definition) is 2. The minimum atomic E-state index is 0.0970. The fraction of sp³-hybridized carbons (Fsp3) is 0.107. The summed E-state index contributed by atoms with van der Waals surface area (Å²) in [6.45, 7) is 2.95. The first-order valence-corrected chi connectivity index (χ1v) is 21.2. The van der Waals surface area contributed by atoms with Gasteiger partial charge in [0.25, 0.3) is 0 Å². The fourth-order valence-electron chi connectivity index (χ4n) is 10.5. The largest absolute Gasteiger partial charge is 0.367 e. The second-order valence-electron chi connectivity index (χ2n) is 16.5. The first-order chi connectivity index (χ1) is 29.7. The first kappa shape index (κ1) is 34.9. The Hall–Kier alpha value is -7.14. The van der Waals surface area contributed by atoms with E-state index in [1.165, 1.54) is 104 Å². The van der Waals surface area contributed by atoms with Crippen LogP contribution in [0.2, 0.25) is 0 Å². The van der Waals surface area contributed by atoms with E-state index >= 15 is 0 Å². The lowest BCUT2D eigenvalue weighted by Crippen LogP contribution is -2.29. The highest BCUT2D eigenvalue weighted by molar-refractivity contribution is 6.43. The van der Waals surface area contributed by atoms with Crippen molar-refractivity contribution in [3.05, 3.63) is 198 Å². The van der Waals surface area contributed by atoms with Gasteiger partial charge in [-0.1, -0.05) is 165 Å². The van der Waals surface area contributed by atoms with Crippen molar-refractivity contribution in [2.45, 2.75) is 26.1 Å². The van der Waals surface area contributed by atoms with Crippen LogP contribution in [0.25, 0.3) is 93.3 Å². The quantitative estimate of drug-likeness (QED) is 0.165. The van der Waals surface area contributed by atoms with Gasteiger partial charge in [0.2, 0.25) is 0 Å². The molecule has 0 saturated carbocycles. The number of rotatable bonds is 6. The molecule has 0 spiro atoms. The SMILES string of the molecule is CNC1C=CC=C/C1=C(/NCn1c2ccccc2c2c3c4ccccc4c4c(c5c(n4-c4ccc6ccccc6c4)C=CC(C)C5)c3c3ccccc3c21)c1ccccc1. The molecule has 2 aromatic heterocycles. The fourth-order valence-corrected chi connectivity index (χ4v) is 10.5. The minimum absolute atomic E-state index is 0.0970. The molecule has 0 saturated heterocycles. The van der Waals surface area contributed by atoms with Crippen LogP contribution in [0.15, 0.2) is 182 Å². The zero-order chi connectivity index (χ0) is 39.9. The highest BCUT2D eigenvalue weighted by Gasteiger charge is 2.29. The maximum atomic E-state index is 4.02. The molecule has 12 rings (SSSR count). The van der Waals surface area contributed by atoms with Gasteiger partial charge in [0, 0.05) is 54.8 Å². The van der Waals surface area contributed by atoms with Crippen LogP contribution in [0.4, 0.5) is 0 Å². The van der Waals surface area contributed by atoms with Crippen molar-refractivity contribution in [1.82, 2.24) is 19.8 Å². The Labute approximate surface area is 349 Å². The number of likely N-dealkylation sites (N-methyl/N-ethyl adjacent to an activating group) is 1. The number of allylic oxidation sites excluding steroid dienone is 3. The number of hydrogen-bond acceptors (Lipinski definition) is 2. The molecule has 288 valence electrons. The van der Waals surface area contributed by atoms with Gasteiger partial charge in [-0.25, -0.2) is 0 Å². The second kappa shape index (κ2) is 13.7. The monoisotopic (exact) mass is 772 g/mol. The third-order valence-electron chi connectivity index (χ3n) is 13.1. The van der Waals surface area contributed by atoms with Crippen molar-refractivity contribution in [2.24, 2.45) is 5.92 Å². The first-order valence-electron chi connectivity index (χ1n) is 21.2. The van der Waals surface area contributed by atoms with E-state index in [-0.39, 0.29) is 6.04 Å². The highest BCUT2D eigenvalue weighted by Crippen LogP contribution is 2.50. The lowest BCUT2D eigenvalue weighted by Gasteiger charge is -2.23. The van der Waals surface area contributed by atoms with Crippen LogP contribution in [0.5, 0.6) is 0 Å². The standard InChI is InChI=1S/C56H44N4/c1-35-28-31-49-46(32-35)53-51-40-20-8-10-22-42(40)55-52(50(51)41-21-9-11-23-43(41)56(53)60(49)39-30-29-36-16-6-7-19-38(36)33-39)45-25-13-15-27-48(45)59(55)34-58-54(37-17-4-3-5-18-37)44-24-12-14-26-47(44)57-2/h3-31,33,35,47,57-58H,32,34H2,1-2H3/b54-44-. The van der Waals surface area contributed by atoms with Gasteiger partial charge < -0.3 is 19.8 Å². The van der Waals surface area contributed by atoms with Crippen molar-refractivity contribution in [3.8, 4) is 5.69 Å². The normalized spacial score (nSPS) is 17.2. The molecule has 4 nitrogen and oxygen atoms in total. The van der Waals surface area contributed by atoms with Crippen LogP contribution in [0.1, 0.15) is 23.7 Å². The van der Waals surface area contributed by atoms with E-state index < -0.39 is 0 Å². The molecule has 2 atom stereocenters. The molecule has 0 aliphatic heterocycles.